The van der Waals surface area contributed by atoms with E-state index >= 15 is 0 Å². The van der Waals surface area contributed by atoms with Gasteiger partial charge < -0.3 is 24.8 Å². The van der Waals surface area contributed by atoms with Crippen molar-refractivity contribution in [2.45, 2.75) is 39.4 Å². The highest BCUT2D eigenvalue weighted by Crippen LogP contribution is 2.28. The molecule has 2 aliphatic rings. The molecule has 0 bridgehead atoms. The molecule has 6 nitrogen and oxygen atoms in total. The van der Waals surface area contributed by atoms with Crippen molar-refractivity contribution in [3.05, 3.63) is 24.3 Å². The summed E-state index contributed by atoms with van der Waals surface area (Å²) >= 11 is 0. The van der Waals surface area contributed by atoms with Crippen molar-refractivity contribution >= 4 is 17.4 Å². The van der Waals surface area contributed by atoms with Crippen LogP contribution in [-0.2, 0) is 4.74 Å². The second kappa shape index (κ2) is 8.73. The molecule has 1 N–H and O–H groups in total. The predicted octanol–water partition coefficient (Wildman–Crippen LogP) is 2.86. The van der Waals surface area contributed by atoms with Crippen molar-refractivity contribution in [3.63, 3.8) is 0 Å². The SMILES string of the molecule is CCN1CCCN(C(=O)Nc2ccccc2N2CC(C)OC(C)C2)CC1. The van der Waals surface area contributed by atoms with E-state index in [-0.39, 0.29) is 18.2 Å². The summed E-state index contributed by atoms with van der Waals surface area (Å²) in [5.74, 6) is 0. The Morgan fingerprint density at radius 1 is 1.12 bits per heavy atom. The lowest BCUT2D eigenvalue weighted by molar-refractivity contribution is -0.00517. The van der Waals surface area contributed by atoms with Crippen LogP contribution in [0.5, 0.6) is 0 Å². The Hall–Kier alpha value is -1.79. The topological polar surface area (TPSA) is 48.0 Å². The summed E-state index contributed by atoms with van der Waals surface area (Å²) in [6.07, 6.45) is 1.41. The molecule has 2 aliphatic heterocycles. The number of hydrogen-bond donors (Lipinski definition) is 1. The number of nitrogens with zero attached hydrogens (tertiary/aromatic N) is 3. The van der Waals surface area contributed by atoms with E-state index < -0.39 is 0 Å². The van der Waals surface area contributed by atoms with E-state index in [0.29, 0.717) is 0 Å². The number of urea groups is 1. The number of rotatable bonds is 3. The maximum atomic E-state index is 12.8. The molecule has 6 heteroatoms. The lowest BCUT2D eigenvalue weighted by atomic mass is 10.1. The summed E-state index contributed by atoms with van der Waals surface area (Å²) < 4.78 is 5.85. The van der Waals surface area contributed by atoms with Crippen molar-refractivity contribution in [1.29, 1.82) is 0 Å². The van der Waals surface area contributed by atoms with E-state index in [9.17, 15) is 4.79 Å². The first kappa shape index (κ1) is 19.0. The van der Waals surface area contributed by atoms with Crippen molar-refractivity contribution in [3.8, 4) is 0 Å². The highest BCUT2D eigenvalue weighted by Gasteiger charge is 2.25. The van der Waals surface area contributed by atoms with Crippen LogP contribution in [-0.4, -0.2) is 73.9 Å². The first-order chi connectivity index (χ1) is 12.6. The summed E-state index contributed by atoms with van der Waals surface area (Å²) in [5.41, 5.74) is 1.96. The van der Waals surface area contributed by atoms with Crippen molar-refractivity contribution in [1.82, 2.24) is 9.80 Å². The molecule has 0 spiro atoms. The minimum atomic E-state index is 0.00441. The number of nitrogens with one attached hydrogen (secondary N) is 1. The Balaban J connectivity index is 1.69. The number of carbonyl (C=O) groups is 1. The largest absolute Gasteiger partial charge is 0.372 e. The second-order valence-electron chi connectivity index (χ2n) is 7.38. The molecule has 144 valence electrons. The Morgan fingerprint density at radius 2 is 1.85 bits per heavy atom. The van der Waals surface area contributed by atoms with Crippen LogP contribution in [0.3, 0.4) is 0 Å². The summed E-state index contributed by atoms with van der Waals surface area (Å²) in [6, 6.07) is 8.09. The van der Waals surface area contributed by atoms with Gasteiger partial charge in [0, 0.05) is 32.7 Å². The minimum absolute atomic E-state index is 0.00441. The number of amides is 2. The normalized spacial score (nSPS) is 25.0. The lowest BCUT2D eigenvalue weighted by Crippen LogP contribution is -2.46. The molecule has 1 aromatic carbocycles. The number of anilines is 2. The molecule has 3 rings (SSSR count). The third kappa shape index (κ3) is 4.68. The smallest absolute Gasteiger partial charge is 0.321 e. The zero-order chi connectivity index (χ0) is 18.5. The van der Waals surface area contributed by atoms with Gasteiger partial charge in [0.15, 0.2) is 0 Å². The van der Waals surface area contributed by atoms with Crippen LogP contribution < -0.4 is 10.2 Å². The van der Waals surface area contributed by atoms with Crippen LogP contribution in [0.25, 0.3) is 0 Å². The van der Waals surface area contributed by atoms with E-state index in [0.717, 1.165) is 63.6 Å². The van der Waals surface area contributed by atoms with Crippen LogP contribution >= 0.6 is 0 Å². The number of ether oxygens (including phenoxy) is 1. The Bertz CT molecular complexity index is 599. The van der Waals surface area contributed by atoms with E-state index in [1.807, 2.05) is 23.1 Å². The molecule has 2 heterocycles. The fourth-order valence-electron chi connectivity index (χ4n) is 3.91. The summed E-state index contributed by atoms with van der Waals surface area (Å²) in [6.45, 7) is 12.7. The second-order valence-corrected chi connectivity index (χ2v) is 7.38. The molecule has 0 radical (unpaired) electrons. The summed E-state index contributed by atoms with van der Waals surface area (Å²) in [4.78, 5) is 19.5. The molecule has 2 amide bonds. The number of para-hydroxylation sites is 2. The Labute approximate surface area is 157 Å². The van der Waals surface area contributed by atoms with Gasteiger partial charge in [-0.25, -0.2) is 4.79 Å². The van der Waals surface area contributed by atoms with Crippen LogP contribution in [0.1, 0.15) is 27.2 Å². The predicted molar refractivity (Wildman–Crippen MR) is 106 cm³/mol. The van der Waals surface area contributed by atoms with Crippen LogP contribution in [0.4, 0.5) is 16.2 Å². The van der Waals surface area contributed by atoms with Crippen molar-refractivity contribution < 1.29 is 9.53 Å². The molecule has 2 fully saturated rings. The average molecular weight is 361 g/mol. The third-order valence-electron chi connectivity index (χ3n) is 5.23. The first-order valence-electron chi connectivity index (χ1n) is 9.84. The van der Waals surface area contributed by atoms with E-state index in [2.05, 4.69) is 42.0 Å². The summed E-state index contributed by atoms with van der Waals surface area (Å²) in [5, 5.41) is 3.15. The van der Waals surface area contributed by atoms with Gasteiger partial charge >= 0.3 is 6.03 Å². The monoisotopic (exact) mass is 360 g/mol. The first-order valence-corrected chi connectivity index (χ1v) is 9.84. The Kier molecular flexibility index (Phi) is 6.38. The molecule has 1 aromatic rings. The van der Waals surface area contributed by atoms with Crippen molar-refractivity contribution in [2.75, 3.05) is 56.0 Å². The average Bonchev–Trinajstić information content (AvgIpc) is 2.87. The van der Waals surface area contributed by atoms with Gasteiger partial charge in [-0.15, -0.1) is 0 Å². The maximum absolute atomic E-state index is 12.8. The van der Waals surface area contributed by atoms with Gasteiger partial charge in [-0.05, 0) is 45.5 Å². The number of benzene rings is 1. The van der Waals surface area contributed by atoms with Crippen LogP contribution in [0.2, 0.25) is 0 Å². The zero-order valence-electron chi connectivity index (χ0n) is 16.3. The fraction of sp³-hybridized carbons (Fsp3) is 0.650. The van der Waals surface area contributed by atoms with Gasteiger partial charge in [0.25, 0.3) is 0 Å². The standard InChI is InChI=1S/C20H32N4O2/c1-4-22-10-7-11-23(13-12-22)20(25)21-18-8-5-6-9-19(18)24-14-16(2)26-17(3)15-24/h5-6,8-9,16-17H,4,7,10-15H2,1-3H3,(H,21,25). The highest BCUT2D eigenvalue weighted by atomic mass is 16.5. The molecular formula is C20H32N4O2. The molecule has 2 atom stereocenters. The lowest BCUT2D eigenvalue weighted by Gasteiger charge is -2.37. The van der Waals surface area contributed by atoms with Gasteiger partial charge in [-0.1, -0.05) is 19.1 Å². The molecule has 26 heavy (non-hydrogen) atoms. The molecule has 2 unspecified atom stereocenters. The van der Waals surface area contributed by atoms with Gasteiger partial charge in [0.2, 0.25) is 0 Å². The van der Waals surface area contributed by atoms with Crippen LogP contribution in [0, 0.1) is 0 Å². The van der Waals surface area contributed by atoms with E-state index in [1.54, 1.807) is 0 Å². The zero-order valence-corrected chi connectivity index (χ0v) is 16.3. The van der Waals surface area contributed by atoms with Gasteiger partial charge in [0.05, 0.1) is 23.6 Å². The molecule has 0 saturated carbocycles. The van der Waals surface area contributed by atoms with Crippen molar-refractivity contribution in [2.24, 2.45) is 0 Å². The number of morpholine rings is 1. The van der Waals surface area contributed by atoms with Gasteiger partial charge in [-0.3, -0.25) is 0 Å². The molecule has 2 saturated heterocycles. The van der Waals surface area contributed by atoms with E-state index in [1.165, 1.54) is 0 Å². The van der Waals surface area contributed by atoms with Gasteiger partial charge in [-0.2, -0.15) is 0 Å². The molecular weight excluding hydrogens is 328 g/mol. The quantitative estimate of drug-likeness (QED) is 0.900. The third-order valence-corrected chi connectivity index (χ3v) is 5.23. The summed E-state index contributed by atoms with van der Waals surface area (Å²) in [7, 11) is 0. The maximum Gasteiger partial charge on any atom is 0.321 e. The highest BCUT2D eigenvalue weighted by molar-refractivity contribution is 5.93. The molecule has 0 aromatic heterocycles. The molecule has 0 aliphatic carbocycles. The minimum Gasteiger partial charge on any atom is -0.372 e. The van der Waals surface area contributed by atoms with E-state index in [4.69, 9.17) is 4.74 Å². The fourth-order valence-corrected chi connectivity index (χ4v) is 3.91. The number of likely N-dealkylation sites (N-methyl/N-ethyl adjacent to an activating group) is 1. The number of carbonyl (C=O) groups excluding carboxylic acids is 1. The Morgan fingerprint density at radius 3 is 2.58 bits per heavy atom. The van der Waals surface area contributed by atoms with Crippen LogP contribution in [0.15, 0.2) is 24.3 Å². The van der Waals surface area contributed by atoms with Gasteiger partial charge in [0.1, 0.15) is 0 Å². The number of hydrogen-bond acceptors (Lipinski definition) is 4.